The Bertz CT molecular complexity index is 521. The molecule has 0 atom stereocenters. The van der Waals surface area contributed by atoms with Crippen molar-refractivity contribution in [3.8, 4) is 0 Å². The maximum Gasteiger partial charge on any atom is 0.279 e. The minimum atomic E-state index is -3.44. The summed E-state index contributed by atoms with van der Waals surface area (Å²) in [5.41, 5.74) is 0. The molecule has 20 heavy (non-hydrogen) atoms. The van der Waals surface area contributed by atoms with Crippen molar-refractivity contribution in [3.05, 3.63) is 12.2 Å². The fourth-order valence-corrected chi connectivity index (χ4v) is 3.54. The maximum atomic E-state index is 12.2. The van der Waals surface area contributed by atoms with Crippen molar-refractivity contribution in [1.29, 1.82) is 0 Å². The van der Waals surface area contributed by atoms with Gasteiger partial charge in [-0.25, -0.2) is 4.98 Å². The lowest BCUT2D eigenvalue weighted by Crippen LogP contribution is -2.45. The molecule has 1 aliphatic heterocycles. The van der Waals surface area contributed by atoms with Gasteiger partial charge in [-0.3, -0.25) is 4.68 Å². The summed E-state index contributed by atoms with van der Waals surface area (Å²) in [4.78, 5) is 4.00. The minimum absolute atomic E-state index is 0.125. The molecule has 114 valence electrons. The van der Waals surface area contributed by atoms with Gasteiger partial charge in [0.15, 0.2) is 5.82 Å². The topological polar surface area (TPSA) is 92.2 Å². The summed E-state index contributed by atoms with van der Waals surface area (Å²) in [5.74, 6) is 1.03. The smallest absolute Gasteiger partial charge is 0.279 e. The number of rotatable bonds is 6. The molecule has 0 aromatic carbocycles. The first-order chi connectivity index (χ1) is 9.51. The second-order valence-electron chi connectivity index (χ2n) is 5.06. The number of nitrogens with one attached hydrogen (secondary N) is 2. The highest BCUT2D eigenvalue weighted by molar-refractivity contribution is 7.87. The molecule has 1 fully saturated rings. The van der Waals surface area contributed by atoms with Gasteiger partial charge in [-0.1, -0.05) is 0 Å². The number of nitrogens with zero attached hydrogens (tertiary/aromatic N) is 4. The Kier molecular flexibility index (Phi) is 5.08. The van der Waals surface area contributed by atoms with Crippen LogP contribution >= 0.6 is 0 Å². The molecule has 0 bridgehead atoms. The van der Waals surface area contributed by atoms with Gasteiger partial charge in [0.2, 0.25) is 0 Å². The van der Waals surface area contributed by atoms with Crippen molar-refractivity contribution >= 4 is 10.2 Å². The first kappa shape index (κ1) is 15.4. The molecule has 2 N–H and O–H groups in total. The molecule has 0 spiro atoms. The van der Waals surface area contributed by atoms with Crippen LogP contribution in [-0.2, 0) is 23.8 Å². The standard InChI is InChI=1S/C11H22N6O2S/c1-12-7-10-3-5-17(6-4-10)20(18,19)14-8-11-13-9-16(2)15-11/h9-10,12,14H,3-8H2,1-2H3. The van der Waals surface area contributed by atoms with Gasteiger partial charge in [-0.15, -0.1) is 0 Å². The Morgan fingerprint density at radius 3 is 2.65 bits per heavy atom. The van der Waals surface area contributed by atoms with Crippen molar-refractivity contribution in [3.63, 3.8) is 0 Å². The van der Waals surface area contributed by atoms with Crippen LogP contribution in [0.5, 0.6) is 0 Å². The van der Waals surface area contributed by atoms with Crippen LogP contribution in [0.3, 0.4) is 0 Å². The largest absolute Gasteiger partial charge is 0.319 e. The summed E-state index contributed by atoms with van der Waals surface area (Å²) in [5, 5.41) is 7.18. The SMILES string of the molecule is CNCC1CCN(S(=O)(=O)NCc2ncn(C)n2)CC1. The van der Waals surface area contributed by atoms with E-state index < -0.39 is 10.2 Å². The van der Waals surface area contributed by atoms with Gasteiger partial charge < -0.3 is 5.32 Å². The van der Waals surface area contributed by atoms with E-state index in [0.29, 0.717) is 24.8 Å². The van der Waals surface area contributed by atoms with E-state index in [-0.39, 0.29) is 6.54 Å². The average molecular weight is 302 g/mol. The summed E-state index contributed by atoms with van der Waals surface area (Å²) in [7, 11) is 0.232. The molecule has 1 saturated heterocycles. The maximum absolute atomic E-state index is 12.2. The average Bonchev–Trinajstić information content (AvgIpc) is 2.84. The quantitative estimate of drug-likeness (QED) is 0.709. The van der Waals surface area contributed by atoms with Gasteiger partial charge >= 0.3 is 0 Å². The number of hydrogen-bond donors (Lipinski definition) is 2. The van der Waals surface area contributed by atoms with E-state index in [1.165, 1.54) is 4.31 Å². The van der Waals surface area contributed by atoms with Crippen LogP contribution in [0.4, 0.5) is 0 Å². The zero-order valence-corrected chi connectivity index (χ0v) is 12.7. The number of hydrogen-bond acceptors (Lipinski definition) is 5. The van der Waals surface area contributed by atoms with E-state index in [1.54, 1.807) is 18.1 Å². The molecule has 8 nitrogen and oxygen atoms in total. The molecule has 1 aromatic rings. The van der Waals surface area contributed by atoms with Gasteiger partial charge in [0.05, 0.1) is 6.54 Å². The highest BCUT2D eigenvalue weighted by atomic mass is 32.2. The highest BCUT2D eigenvalue weighted by Crippen LogP contribution is 2.18. The van der Waals surface area contributed by atoms with Crippen LogP contribution < -0.4 is 10.0 Å². The molecule has 0 aliphatic carbocycles. The zero-order chi connectivity index (χ0) is 14.6. The molecule has 9 heteroatoms. The van der Waals surface area contributed by atoms with Crippen molar-refractivity contribution in [2.75, 3.05) is 26.7 Å². The Morgan fingerprint density at radius 1 is 1.40 bits per heavy atom. The fourth-order valence-electron chi connectivity index (χ4n) is 2.35. The van der Waals surface area contributed by atoms with Crippen molar-refractivity contribution < 1.29 is 8.42 Å². The van der Waals surface area contributed by atoms with E-state index >= 15 is 0 Å². The van der Waals surface area contributed by atoms with Gasteiger partial charge in [0.1, 0.15) is 6.33 Å². The molecule has 0 radical (unpaired) electrons. The molecule has 0 amide bonds. The summed E-state index contributed by atoms with van der Waals surface area (Å²) in [6.07, 6.45) is 3.33. The fraction of sp³-hybridized carbons (Fsp3) is 0.818. The molecule has 2 heterocycles. The van der Waals surface area contributed by atoms with E-state index in [4.69, 9.17) is 0 Å². The van der Waals surface area contributed by atoms with Crippen LogP contribution in [0, 0.1) is 5.92 Å². The Labute approximate surface area is 119 Å². The van der Waals surface area contributed by atoms with Crippen LogP contribution in [0.2, 0.25) is 0 Å². The van der Waals surface area contributed by atoms with E-state index in [2.05, 4.69) is 20.1 Å². The Morgan fingerprint density at radius 2 is 2.10 bits per heavy atom. The van der Waals surface area contributed by atoms with Crippen LogP contribution in [-0.4, -0.2) is 54.2 Å². The van der Waals surface area contributed by atoms with Gasteiger partial charge in [0.25, 0.3) is 10.2 Å². The van der Waals surface area contributed by atoms with Crippen molar-refractivity contribution in [1.82, 2.24) is 29.1 Å². The van der Waals surface area contributed by atoms with Gasteiger partial charge in [-0.05, 0) is 32.4 Å². The van der Waals surface area contributed by atoms with Crippen molar-refractivity contribution in [2.45, 2.75) is 19.4 Å². The third-order valence-corrected chi connectivity index (χ3v) is 5.02. The molecular formula is C11H22N6O2S. The molecule has 2 rings (SSSR count). The van der Waals surface area contributed by atoms with Crippen LogP contribution in [0.1, 0.15) is 18.7 Å². The predicted molar refractivity (Wildman–Crippen MR) is 75.0 cm³/mol. The second kappa shape index (κ2) is 6.61. The summed E-state index contributed by atoms with van der Waals surface area (Å²) in [6.45, 7) is 2.20. The first-order valence-electron chi connectivity index (χ1n) is 6.75. The van der Waals surface area contributed by atoms with E-state index in [9.17, 15) is 8.42 Å². The van der Waals surface area contributed by atoms with E-state index in [0.717, 1.165) is 19.4 Å². The minimum Gasteiger partial charge on any atom is -0.319 e. The summed E-state index contributed by atoms with van der Waals surface area (Å²) < 4.78 is 29.9. The molecule has 0 unspecified atom stereocenters. The molecular weight excluding hydrogens is 280 g/mol. The highest BCUT2D eigenvalue weighted by Gasteiger charge is 2.27. The third-order valence-electron chi connectivity index (χ3n) is 3.47. The van der Waals surface area contributed by atoms with E-state index in [1.807, 2.05) is 7.05 Å². The van der Waals surface area contributed by atoms with Crippen LogP contribution in [0.15, 0.2) is 6.33 Å². The lowest BCUT2D eigenvalue weighted by atomic mass is 9.98. The lowest BCUT2D eigenvalue weighted by molar-refractivity contribution is 0.268. The Hall–Kier alpha value is -1.03. The normalized spacial score (nSPS) is 18.5. The number of aryl methyl sites for hydroxylation is 1. The first-order valence-corrected chi connectivity index (χ1v) is 8.19. The molecule has 0 saturated carbocycles. The van der Waals surface area contributed by atoms with Gasteiger partial charge in [0, 0.05) is 20.1 Å². The number of piperidine rings is 1. The predicted octanol–water partition coefficient (Wildman–Crippen LogP) is -0.919. The molecule has 1 aliphatic rings. The Balaban J connectivity index is 1.85. The van der Waals surface area contributed by atoms with Crippen LogP contribution in [0.25, 0.3) is 0 Å². The second-order valence-corrected chi connectivity index (χ2v) is 6.82. The van der Waals surface area contributed by atoms with Gasteiger partial charge in [-0.2, -0.15) is 22.5 Å². The summed E-state index contributed by atoms with van der Waals surface area (Å²) in [6, 6.07) is 0. The third kappa shape index (κ3) is 3.98. The summed E-state index contributed by atoms with van der Waals surface area (Å²) >= 11 is 0. The monoisotopic (exact) mass is 302 g/mol. The van der Waals surface area contributed by atoms with Crippen molar-refractivity contribution in [2.24, 2.45) is 13.0 Å². The zero-order valence-electron chi connectivity index (χ0n) is 11.9. The molecule has 1 aromatic heterocycles. The lowest BCUT2D eigenvalue weighted by Gasteiger charge is -2.30. The number of aromatic nitrogens is 3.